The first-order valence-electron chi connectivity index (χ1n) is 14.6. The van der Waals surface area contributed by atoms with Crippen molar-refractivity contribution in [2.24, 2.45) is 0 Å². The third-order valence-corrected chi connectivity index (χ3v) is 10.8. The lowest BCUT2D eigenvalue weighted by atomic mass is 9.84. The Kier molecular flexibility index (Phi) is 8.43. The van der Waals surface area contributed by atoms with Gasteiger partial charge >= 0.3 is 0 Å². The molecule has 0 unspecified atom stereocenters. The number of fused-ring (bicyclic) bond motifs is 7. The number of hydrogen-bond donors (Lipinski definition) is 0. The normalized spacial score (nSPS) is 11.9. The molecular weight excluding hydrogens is 766 g/mol. The third kappa shape index (κ3) is 5.23. The standard InChI is InChI=1S/C39H18Cl8N/c40-21-13-26(42)36(27(43)14-21)39(37-28(44)15-22(41)16-29(37)45)38-30(46)17-23(18-31(38)47)48-32-11-9-19-5-1-3-7-24(19)34(32)35-25-8-4-2-6-20(25)10-12-33(35)48/h1-18H. The van der Waals surface area contributed by atoms with Gasteiger partial charge < -0.3 is 4.57 Å². The molecule has 8 aromatic rings. The number of hydrogen-bond acceptors (Lipinski definition) is 0. The van der Waals surface area contributed by atoms with Crippen LogP contribution in [0.15, 0.2) is 109 Å². The van der Waals surface area contributed by atoms with Crippen LogP contribution in [0.3, 0.4) is 0 Å². The van der Waals surface area contributed by atoms with Crippen LogP contribution in [0.4, 0.5) is 0 Å². The Bertz CT molecular complexity index is 2400. The summed E-state index contributed by atoms with van der Waals surface area (Å²) in [5, 5.41) is 9.32. The van der Waals surface area contributed by atoms with E-state index in [9.17, 15) is 0 Å². The molecule has 0 fully saturated rings. The quantitative estimate of drug-likeness (QED) is 0.157. The molecule has 48 heavy (non-hydrogen) atoms. The van der Waals surface area contributed by atoms with E-state index in [1.54, 1.807) is 24.3 Å². The largest absolute Gasteiger partial charge is 0.309 e. The molecule has 1 radical (unpaired) electrons. The molecule has 7 aromatic carbocycles. The fourth-order valence-corrected chi connectivity index (χ4v) is 9.37. The minimum atomic E-state index is 0.266. The highest BCUT2D eigenvalue weighted by Gasteiger charge is 2.32. The van der Waals surface area contributed by atoms with E-state index < -0.39 is 0 Å². The average molecular weight is 784 g/mol. The van der Waals surface area contributed by atoms with E-state index in [1.807, 2.05) is 12.1 Å². The van der Waals surface area contributed by atoms with E-state index in [0.717, 1.165) is 49.0 Å². The van der Waals surface area contributed by atoms with Gasteiger partial charge in [-0.3, -0.25) is 0 Å². The molecule has 0 saturated carbocycles. The highest BCUT2D eigenvalue weighted by molar-refractivity contribution is 6.43. The monoisotopic (exact) mass is 780 g/mol. The van der Waals surface area contributed by atoms with Crippen molar-refractivity contribution in [1.29, 1.82) is 0 Å². The van der Waals surface area contributed by atoms with Gasteiger partial charge in [-0.2, -0.15) is 0 Å². The Morgan fingerprint density at radius 1 is 0.396 bits per heavy atom. The minimum absolute atomic E-state index is 0.266. The zero-order valence-corrected chi connectivity index (χ0v) is 30.4. The van der Waals surface area contributed by atoms with E-state index in [-0.39, 0.29) is 20.1 Å². The summed E-state index contributed by atoms with van der Waals surface area (Å²) in [5.41, 5.74) is 4.06. The lowest BCUT2D eigenvalue weighted by Gasteiger charge is -2.25. The molecule has 8 rings (SSSR count). The first-order chi connectivity index (χ1) is 23.1. The fraction of sp³-hybridized carbons (Fsp3) is 0. The molecule has 1 heterocycles. The molecule has 0 aliphatic heterocycles. The topological polar surface area (TPSA) is 4.93 Å². The summed E-state index contributed by atoms with van der Waals surface area (Å²) in [5.74, 6) is 0.439. The highest BCUT2D eigenvalue weighted by atomic mass is 35.5. The van der Waals surface area contributed by atoms with Crippen molar-refractivity contribution in [1.82, 2.24) is 4.57 Å². The summed E-state index contributed by atoms with van der Waals surface area (Å²) >= 11 is 54.4. The maximum absolute atomic E-state index is 7.27. The molecule has 1 nitrogen and oxygen atoms in total. The number of benzene rings is 7. The van der Waals surface area contributed by atoms with Crippen LogP contribution in [0.5, 0.6) is 0 Å². The Morgan fingerprint density at radius 3 is 1.15 bits per heavy atom. The average Bonchev–Trinajstić information content (AvgIpc) is 3.39. The number of halogens is 8. The first-order valence-corrected chi connectivity index (χ1v) is 17.6. The van der Waals surface area contributed by atoms with Crippen molar-refractivity contribution in [3.8, 4) is 5.69 Å². The van der Waals surface area contributed by atoms with Crippen molar-refractivity contribution in [2.45, 2.75) is 0 Å². The predicted octanol–water partition coefficient (Wildman–Crippen LogP) is 15.3. The van der Waals surface area contributed by atoms with Crippen LogP contribution in [-0.4, -0.2) is 4.57 Å². The van der Waals surface area contributed by atoms with E-state index >= 15 is 0 Å². The minimum Gasteiger partial charge on any atom is -0.309 e. The van der Waals surface area contributed by atoms with Gasteiger partial charge in [-0.05, 0) is 70.1 Å². The Balaban J connectivity index is 1.44. The zero-order chi connectivity index (χ0) is 33.4. The molecule has 0 aliphatic carbocycles. The van der Waals surface area contributed by atoms with Crippen molar-refractivity contribution < 1.29 is 0 Å². The Labute approximate surface area is 316 Å². The maximum atomic E-state index is 7.27. The lowest BCUT2D eigenvalue weighted by molar-refractivity contribution is 1.16. The van der Waals surface area contributed by atoms with Crippen molar-refractivity contribution >= 4 is 136 Å². The summed E-state index contributed by atoms with van der Waals surface area (Å²) in [6, 6.07) is 35.5. The predicted molar refractivity (Wildman–Crippen MR) is 209 cm³/mol. The van der Waals surface area contributed by atoms with Crippen LogP contribution >= 0.6 is 92.8 Å². The second-order valence-electron chi connectivity index (χ2n) is 11.3. The van der Waals surface area contributed by atoms with Crippen LogP contribution in [0.2, 0.25) is 40.2 Å². The van der Waals surface area contributed by atoms with E-state index in [4.69, 9.17) is 92.8 Å². The van der Waals surface area contributed by atoms with Gasteiger partial charge in [0.25, 0.3) is 0 Å². The molecule has 0 atom stereocenters. The van der Waals surface area contributed by atoms with Gasteiger partial charge in [-0.1, -0.05) is 153 Å². The van der Waals surface area contributed by atoms with Gasteiger partial charge in [0.2, 0.25) is 0 Å². The smallest absolute Gasteiger partial charge is 0.0720 e. The van der Waals surface area contributed by atoms with Gasteiger partial charge in [0.05, 0.1) is 17.0 Å². The van der Waals surface area contributed by atoms with Crippen LogP contribution in [0, 0.1) is 5.92 Å². The van der Waals surface area contributed by atoms with Crippen LogP contribution < -0.4 is 0 Å². The molecule has 1 aromatic heterocycles. The van der Waals surface area contributed by atoms with Gasteiger partial charge in [0, 0.05) is 73.3 Å². The summed E-state index contributed by atoms with van der Waals surface area (Å²) in [4.78, 5) is 0. The Hall–Kier alpha value is -2.82. The molecule has 0 bridgehead atoms. The van der Waals surface area contributed by atoms with E-state index in [2.05, 4.69) is 77.4 Å². The number of nitrogens with zero attached hydrogens (tertiary/aromatic N) is 1. The molecule has 0 amide bonds. The van der Waals surface area contributed by atoms with Crippen molar-refractivity contribution in [3.05, 3.63) is 172 Å². The Morgan fingerprint density at radius 2 is 0.750 bits per heavy atom. The molecule has 0 aliphatic rings. The van der Waals surface area contributed by atoms with Crippen LogP contribution in [0.25, 0.3) is 49.0 Å². The summed E-state index contributed by atoms with van der Waals surface area (Å²) in [6.07, 6.45) is 0. The van der Waals surface area contributed by atoms with Gasteiger partial charge in [-0.25, -0.2) is 0 Å². The second-order valence-corrected chi connectivity index (χ2v) is 14.7. The molecule has 0 spiro atoms. The number of rotatable bonds is 4. The highest BCUT2D eigenvalue weighted by Crippen LogP contribution is 2.50. The van der Waals surface area contributed by atoms with E-state index in [0.29, 0.717) is 42.7 Å². The van der Waals surface area contributed by atoms with Crippen LogP contribution in [0.1, 0.15) is 16.7 Å². The molecule has 9 heteroatoms. The maximum Gasteiger partial charge on any atom is 0.0720 e. The van der Waals surface area contributed by atoms with Gasteiger partial charge in [-0.15, -0.1) is 0 Å². The molecule has 0 saturated heterocycles. The summed E-state index contributed by atoms with van der Waals surface area (Å²) in [7, 11) is 0. The van der Waals surface area contributed by atoms with Crippen molar-refractivity contribution in [2.75, 3.05) is 0 Å². The third-order valence-electron chi connectivity index (χ3n) is 8.59. The second kappa shape index (κ2) is 12.5. The molecule has 0 N–H and O–H groups in total. The summed E-state index contributed by atoms with van der Waals surface area (Å²) < 4.78 is 2.19. The first kappa shape index (κ1) is 32.4. The molecular formula is C39H18Cl8N. The SMILES string of the molecule is Clc1cc(Cl)c([C](c2c(Cl)cc(Cl)cc2Cl)c2c(Cl)cc(-n3c4ccc5ccccc5c4c4c5ccccc5ccc43)cc2Cl)c(Cl)c1. The lowest BCUT2D eigenvalue weighted by Crippen LogP contribution is -2.10. The van der Waals surface area contributed by atoms with E-state index in [1.165, 1.54) is 0 Å². The van der Waals surface area contributed by atoms with Crippen LogP contribution in [-0.2, 0) is 0 Å². The number of aromatic nitrogens is 1. The molecule has 235 valence electrons. The van der Waals surface area contributed by atoms with Gasteiger partial charge in [0.15, 0.2) is 0 Å². The van der Waals surface area contributed by atoms with Crippen molar-refractivity contribution in [3.63, 3.8) is 0 Å². The van der Waals surface area contributed by atoms with Gasteiger partial charge in [0.1, 0.15) is 0 Å². The summed E-state index contributed by atoms with van der Waals surface area (Å²) in [6.45, 7) is 0. The fourth-order valence-electron chi connectivity index (χ4n) is 6.69. The zero-order valence-electron chi connectivity index (χ0n) is 24.4.